The average Bonchev–Trinajstić information content (AvgIpc) is 2.88. The number of carbonyl (C=O) groups excluding carboxylic acids is 2. The lowest BCUT2D eigenvalue weighted by molar-refractivity contribution is -0.385. The number of imide groups is 1. The van der Waals surface area contributed by atoms with Crippen LogP contribution in [0.15, 0.2) is 29.4 Å². The number of allylic oxidation sites excluding steroid dienone is 2. The first-order chi connectivity index (χ1) is 12.4. The van der Waals surface area contributed by atoms with Crippen LogP contribution >= 0.6 is 0 Å². The topological polar surface area (TPSA) is 133 Å². The number of hydrazone groups is 1. The molecule has 2 fully saturated rings. The van der Waals surface area contributed by atoms with Gasteiger partial charge in [0.2, 0.25) is 0 Å². The van der Waals surface area contributed by atoms with Crippen LogP contribution in [-0.4, -0.2) is 38.2 Å². The predicted molar refractivity (Wildman–Crippen MR) is 88.2 cm³/mol. The lowest BCUT2D eigenvalue weighted by Crippen LogP contribution is -2.38. The largest absolute Gasteiger partial charge is 0.507 e. The molecule has 26 heavy (non-hydrogen) atoms. The Labute approximate surface area is 147 Å². The Morgan fingerprint density at radius 1 is 1.08 bits per heavy atom. The van der Waals surface area contributed by atoms with Crippen molar-refractivity contribution in [2.24, 2.45) is 28.8 Å². The third-order valence-electron chi connectivity index (χ3n) is 5.37. The van der Waals surface area contributed by atoms with Gasteiger partial charge in [-0.3, -0.25) is 19.7 Å². The molecule has 0 unspecified atom stereocenters. The van der Waals surface area contributed by atoms with E-state index in [4.69, 9.17) is 0 Å². The summed E-state index contributed by atoms with van der Waals surface area (Å²) in [4.78, 5) is 35.3. The quantitative estimate of drug-likeness (QED) is 0.277. The number of rotatable bonds is 3. The van der Waals surface area contributed by atoms with E-state index in [9.17, 15) is 29.9 Å². The van der Waals surface area contributed by atoms with E-state index < -0.39 is 33.9 Å². The van der Waals surface area contributed by atoms with Crippen LogP contribution in [0.25, 0.3) is 0 Å². The summed E-state index contributed by atoms with van der Waals surface area (Å²) in [5.74, 6) is -2.67. The maximum Gasteiger partial charge on any atom is 0.311 e. The minimum Gasteiger partial charge on any atom is -0.507 e. The Morgan fingerprint density at radius 3 is 2.15 bits per heavy atom. The maximum atomic E-state index is 12.6. The molecule has 2 bridgehead atoms. The number of carbonyl (C=O) groups is 2. The number of hydrogen-bond donors (Lipinski definition) is 2. The second-order valence-corrected chi connectivity index (χ2v) is 6.73. The number of amides is 2. The monoisotopic (exact) mass is 357 g/mol. The smallest absolute Gasteiger partial charge is 0.311 e. The first-order valence-corrected chi connectivity index (χ1v) is 8.19. The van der Waals surface area contributed by atoms with Gasteiger partial charge in [-0.25, -0.2) is 0 Å². The fraction of sp³-hybridized carbons (Fsp3) is 0.353. The van der Waals surface area contributed by atoms with Crippen molar-refractivity contribution >= 4 is 23.7 Å². The van der Waals surface area contributed by atoms with Gasteiger partial charge in [-0.05, 0) is 24.7 Å². The van der Waals surface area contributed by atoms with Crippen molar-refractivity contribution in [2.45, 2.75) is 12.8 Å². The molecule has 0 aromatic heterocycles. The van der Waals surface area contributed by atoms with E-state index in [2.05, 4.69) is 5.10 Å². The van der Waals surface area contributed by atoms with E-state index in [0.29, 0.717) is 0 Å². The summed E-state index contributed by atoms with van der Waals surface area (Å²) in [5.41, 5.74) is -0.690. The van der Waals surface area contributed by atoms with Gasteiger partial charge in [-0.15, -0.1) is 0 Å². The van der Waals surface area contributed by atoms with Crippen LogP contribution in [-0.2, 0) is 9.59 Å². The van der Waals surface area contributed by atoms with Crippen LogP contribution in [0.4, 0.5) is 5.69 Å². The summed E-state index contributed by atoms with van der Waals surface area (Å²) < 4.78 is 0. The van der Waals surface area contributed by atoms with Gasteiger partial charge in [0.25, 0.3) is 11.8 Å². The molecule has 9 heteroatoms. The molecule has 3 aliphatic carbocycles. The van der Waals surface area contributed by atoms with Crippen molar-refractivity contribution < 1.29 is 24.7 Å². The number of nitro benzene ring substituents is 1. The number of hydrogen-bond acceptors (Lipinski definition) is 7. The minimum atomic E-state index is -0.809. The first-order valence-electron chi connectivity index (χ1n) is 8.19. The fourth-order valence-electron chi connectivity index (χ4n) is 4.12. The molecule has 1 saturated carbocycles. The van der Waals surface area contributed by atoms with Gasteiger partial charge < -0.3 is 10.2 Å². The predicted octanol–water partition coefficient (Wildman–Crippen LogP) is 1.54. The highest BCUT2D eigenvalue weighted by atomic mass is 16.6. The summed E-state index contributed by atoms with van der Waals surface area (Å²) in [6.45, 7) is 0. The van der Waals surface area contributed by atoms with Gasteiger partial charge in [-0.2, -0.15) is 10.1 Å². The van der Waals surface area contributed by atoms with Crippen molar-refractivity contribution in [3.63, 3.8) is 0 Å². The Balaban J connectivity index is 1.64. The number of nitrogens with zero attached hydrogens (tertiary/aromatic N) is 3. The van der Waals surface area contributed by atoms with Crippen molar-refractivity contribution in [2.75, 3.05) is 0 Å². The van der Waals surface area contributed by atoms with Crippen LogP contribution in [0, 0.1) is 33.8 Å². The molecule has 2 amide bonds. The zero-order valence-corrected chi connectivity index (χ0v) is 13.5. The van der Waals surface area contributed by atoms with Gasteiger partial charge in [-0.1, -0.05) is 12.2 Å². The third kappa shape index (κ3) is 2.27. The molecule has 134 valence electrons. The molecule has 2 N–H and O–H groups in total. The standard InChI is InChI=1S/C17H15N3O6/c21-12-6-13(22)11(20(25)26)5-10(12)7-18-19-16(23)14-8-1-2-9(4-3-8)15(14)17(19)24/h1-2,5-9,14-15,21-22H,3-4H2/b18-7-/t8-,9-,14+,15+/m1/s1. The summed E-state index contributed by atoms with van der Waals surface area (Å²) in [6, 6.07) is 1.74. The van der Waals surface area contributed by atoms with E-state index in [1.807, 2.05) is 12.2 Å². The molecule has 1 heterocycles. The molecule has 1 aromatic rings. The van der Waals surface area contributed by atoms with E-state index >= 15 is 0 Å². The van der Waals surface area contributed by atoms with Crippen LogP contribution < -0.4 is 0 Å². The molecule has 0 spiro atoms. The van der Waals surface area contributed by atoms with Crippen LogP contribution in [0.2, 0.25) is 0 Å². The van der Waals surface area contributed by atoms with Gasteiger partial charge in [0.1, 0.15) is 5.75 Å². The summed E-state index contributed by atoms with van der Waals surface area (Å²) >= 11 is 0. The van der Waals surface area contributed by atoms with E-state index in [1.165, 1.54) is 0 Å². The highest BCUT2D eigenvalue weighted by molar-refractivity contribution is 6.06. The normalized spacial score (nSPS) is 29.6. The van der Waals surface area contributed by atoms with Gasteiger partial charge in [0.15, 0.2) is 5.75 Å². The lowest BCUT2D eigenvalue weighted by Gasteiger charge is -2.37. The molecule has 1 saturated heterocycles. The fourth-order valence-corrected chi connectivity index (χ4v) is 4.12. The number of phenolic OH excluding ortho intramolecular Hbond substituents is 2. The third-order valence-corrected chi connectivity index (χ3v) is 5.37. The SMILES string of the molecule is O=C1[C@@H]2[C@@H](C(=O)N1/N=C\c1cc([N+](=O)[O-])c(O)cc1O)[C@@H]1C=C[C@@H]2CC1. The Bertz CT molecular complexity index is 861. The van der Waals surface area contributed by atoms with Crippen molar-refractivity contribution in [3.05, 3.63) is 40.0 Å². The van der Waals surface area contributed by atoms with Crippen molar-refractivity contribution in [1.29, 1.82) is 0 Å². The number of benzene rings is 1. The molecule has 4 aliphatic rings. The summed E-state index contributed by atoms with van der Waals surface area (Å²) in [6.07, 6.45) is 6.73. The lowest BCUT2D eigenvalue weighted by atomic mass is 9.63. The van der Waals surface area contributed by atoms with Gasteiger partial charge >= 0.3 is 5.69 Å². The molecule has 4 atom stereocenters. The van der Waals surface area contributed by atoms with Gasteiger partial charge in [0.05, 0.1) is 23.0 Å². The Morgan fingerprint density at radius 2 is 1.65 bits per heavy atom. The number of fused-ring (bicyclic) bond motifs is 1. The van der Waals surface area contributed by atoms with E-state index in [-0.39, 0.29) is 29.2 Å². The van der Waals surface area contributed by atoms with Crippen LogP contribution in [0.1, 0.15) is 18.4 Å². The Hall–Kier alpha value is -3.23. The van der Waals surface area contributed by atoms with Crippen molar-refractivity contribution in [1.82, 2.24) is 5.01 Å². The summed E-state index contributed by atoms with van der Waals surface area (Å²) in [7, 11) is 0. The van der Waals surface area contributed by atoms with E-state index in [1.54, 1.807) is 0 Å². The summed E-state index contributed by atoms with van der Waals surface area (Å²) in [5, 5.41) is 34.9. The molecule has 1 aromatic carbocycles. The van der Waals surface area contributed by atoms with Crippen molar-refractivity contribution in [3.8, 4) is 11.5 Å². The maximum absolute atomic E-state index is 12.6. The number of nitro groups is 1. The molecule has 5 rings (SSSR count). The number of phenols is 2. The van der Waals surface area contributed by atoms with Gasteiger partial charge in [0, 0.05) is 17.7 Å². The molecule has 1 aliphatic heterocycles. The Kier molecular flexibility index (Phi) is 3.53. The molecular formula is C17H15N3O6. The van der Waals surface area contributed by atoms with Crippen LogP contribution in [0.5, 0.6) is 11.5 Å². The molecule has 0 radical (unpaired) electrons. The molecular weight excluding hydrogens is 342 g/mol. The molecule has 9 nitrogen and oxygen atoms in total. The van der Waals surface area contributed by atoms with E-state index in [0.717, 1.165) is 36.2 Å². The second-order valence-electron chi connectivity index (χ2n) is 6.73. The number of aromatic hydroxyl groups is 2. The zero-order valence-electron chi connectivity index (χ0n) is 13.5. The van der Waals surface area contributed by atoms with Crippen LogP contribution in [0.3, 0.4) is 0 Å². The minimum absolute atomic E-state index is 0.0322. The second kappa shape index (κ2) is 5.65. The highest BCUT2D eigenvalue weighted by Gasteiger charge is 2.56. The average molecular weight is 357 g/mol. The first kappa shape index (κ1) is 16.2. The highest BCUT2D eigenvalue weighted by Crippen LogP contribution is 2.49. The zero-order chi connectivity index (χ0) is 18.6.